The van der Waals surface area contributed by atoms with E-state index in [9.17, 15) is 0 Å². The van der Waals surface area contributed by atoms with Crippen LogP contribution in [0, 0.1) is 6.92 Å². The maximum atomic E-state index is 6.12. The smallest absolute Gasteiger partial charge is 0.0410 e. The fourth-order valence-electron chi connectivity index (χ4n) is 2.16. The number of nitrogens with two attached hydrogens (primary N) is 1. The number of rotatable bonds is 1. The van der Waals surface area contributed by atoms with Gasteiger partial charge in [-0.2, -0.15) is 0 Å². The summed E-state index contributed by atoms with van der Waals surface area (Å²) in [5.74, 6) is 0. The molecule has 0 bridgehead atoms. The summed E-state index contributed by atoms with van der Waals surface area (Å²) >= 11 is 5.94. The molecule has 3 heteroatoms. The molecule has 0 amide bonds. The number of anilines is 1. The van der Waals surface area contributed by atoms with Crippen molar-refractivity contribution in [2.75, 3.05) is 18.0 Å². The molecule has 1 aliphatic heterocycles. The lowest BCUT2D eigenvalue weighted by atomic mass is 10.0. The summed E-state index contributed by atoms with van der Waals surface area (Å²) in [5.41, 5.74) is 8.55. The number of aryl methyl sites for hydroxylation is 1. The van der Waals surface area contributed by atoms with Crippen LogP contribution in [-0.2, 0) is 0 Å². The highest BCUT2D eigenvalue weighted by Gasteiger charge is 2.30. The Bertz CT molecular complexity index is 374. The fourth-order valence-corrected chi connectivity index (χ4v) is 2.39. The van der Waals surface area contributed by atoms with E-state index in [0.29, 0.717) is 0 Å². The van der Waals surface area contributed by atoms with Gasteiger partial charge in [-0.15, -0.1) is 0 Å². The second-order valence-corrected chi connectivity index (χ2v) is 5.19. The maximum Gasteiger partial charge on any atom is 0.0410 e. The van der Waals surface area contributed by atoms with E-state index < -0.39 is 0 Å². The first-order chi connectivity index (χ1) is 6.98. The second kappa shape index (κ2) is 3.69. The summed E-state index contributed by atoms with van der Waals surface area (Å²) in [7, 11) is 0. The Labute approximate surface area is 96.0 Å². The molecular formula is C12H17ClN2. The van der Waals surface area contributed by atoms with Crippen molar-refractivity contribution in [1.29, 1.82) is 0 Å². The Hall–Kier alpha value is -0.730. The number of benzene rings is 1. The number of nitrogens with zero attached hydrogens (tertiary/aromatic N) is 1. The third-order valence-electron chi connectivity index (χ3n) is 3.00. The summed E-state index contributed by atoms with van der Waals surface area (Å²) in [4.78, 5) is 2.34. The first-order valence-corrected chi connectivity index (χ1v) is 5.66. The lowest BCUT2D eigenvalue weighted by Gasteiger charge is -2.23. The van der Waals surface area contributed by atoms with Gasteiger partial charge in [0.15, 0.2) is 0 Å². The first-order valence-electron chi connectivity index (χ1n) is 5.28. The van der Waals surface area contributed by atoms with Crippen LogP contribution in [0.3, 0.4) is 0 Å². The average Bonchev–Trinajstić information content (AvgIpc) is 2.46. The molecule has 0 aliphatic carbocycles. The standard InChI is InChI=1S/C12H17ClN2/c1-9-7-10(13)3-4-11(9)15-6-5-12(2,14)8-15/h3-4,7H,5-6,8,14H2,1-2H3. The van der Waals surface area contributed by atoms with Crippen molar-refractivity contribution in [2.24, 2.45) is 5.73 Å². The van der Waals surface area contributed by atoms with Gasteiger partial charge in [-0.3, -0.25) is 0 Å². The minimum absolute atomic E-state index is 0.0495. The third-order valence-corrected chi connectivity index (χ3v) is 3.24. The highest BCUT2D eigenvalue weighted by molar-refractivity contribution is 6.30. The Morgan fingerprint density at radius 3 is 2.73 bits per heavy atom. The van der Waals surface area contributed by atoms with Gasteiger partial charge in [-0.25, -0.2) is 0 Å². The monoisotopic (exact) mass is 224 g/mol. The van der Waals surface area contributed by atoms with Gasteiger partial charge in [0.25, 0.3) is 0 Å². The van der Waals surface area contributed by atoms with E-state index in [1.54, 1.807) is 0 Å². The second-order valence-electron chi connectivity index (χ2n) is 4.76. The maximum absolute atomic E-state index is 6.12. The van der Waals surface area contributed by atoms with Crippen LogP contribution in [0.1, 0.15) is 18.9 Å². The van der Waals surface area contributed by atoms with Crippen LogP contribution in [0.15, 0.2) is 18.2 Å². The molecule has 82 valence electrons. The molecule has 1 aromatic carbocycles. The lowest BCUT2D eigenvalue weighted by Crippen LogP contribution is -2.39. The Kier molecular flexibility index (Phi) is 2.65. The molecular weight excluding hydrogens is 208 g/mol. The van der Waals surface area contributed by atoms with Gasteiger partial charge in [-0.05, 0) is 44.0 Å². The number of hydrogen-bond acceptors (Lipinski definition) is 2. The summed E-state index contributed by atoms with van der Waals surface area (Å²) in [6, 6.07) is 6.03. The van der Waals surface area contributed by atoms with Gasteiger partial charge in [0.2, 0.25) is 0 Å². The van der Waals surface area contributed by atoms with Gasteiger partial charge in [0.05, 0.1) is 0 Å². The van der Waals surface area contributed by atoms with Crippen LogP contribution < -0.4 is 10.6 Å². The van der Waals surface area contributed by atoms with Gasteiger partial charge < -0.3 is 10.6 Å². The van der Waals surface area contributed by atoms with E-state index in [0.717, 1.165) is 24.5 Å². The van der Waals surface area contributed by atoms with E-state index in [4.69, 9.17) is 17.3 Å². The molecule has 1 heterocycles. The summed E-state index contributed by atoms with van der Waals surface area (Å²) in [5, 5.41) is 0.797. The highest BCUT2D eigenvalue weighted by Crippen LogP contribution is 2.29. The number of hydrogen-bond donors (Lipinski definition) is 1. The zero-order valence-corrected chi connectivity index (χ0v) is 10.0. The molecule has 2 N–H and O–H groups in total. The largest absolute Gasteiger partial charge is 0.369 e. The van der Waals surface area contributed by atoms with E-state index in [-0.39, 0.29) is 5.54 Å². The Morgan fingerprint density at radius 1 is 1.47 bits per heavy atom. The molecule has 1 aliphatic rings. The number of halogens is 1. The molecule has 1 saturated heterocycles. The van der Waals surface area contributed by atoms with Crippen LogP contribution in [0.2, 0.25) is 5.02 Å². The van der Waals surface area contributed by atoms with Crippen molar-refractivity contribution < 1.29 is 0 Å². The molecule has 2 nitrogen and oxygen atoms in total. The first kappa shape index (κ1) is 10.8. The molecule has 2 rings (SSSR count). The minimum atomic E-state index is -0.0495. The van der Waals surface area contributed by atoms with E-state index in [1.165, 1.54) is 11.3 Å². The quantitative estimate of drug-likeness (QED) is 0.795. The van der Waals surface area contributed by atoms with E-state index in [2.05, 4.69) is 24.8 Å². The molecule has 15 heavy (non-hydrogen) atoms. The van der Waals surface area contributed by atoms with Crippen LogP contribution in [-0.4, -0.2) is 18.6 Å². The SMILES string of the molecule is Cc1cc(Cl)ccc1N1CCC(C)(N)C1. The average molecular weight is 225 g/mol. The van der Waals surface area contributed by atoms with Gasteiger partial charge in [-0.1, -0.05) is 11.6 Å². The highest BCUT2D eigenvalue weighted by atomic mass is 35.5. The van der Waals surface area contributed by atoms with E-state index in [1.807, 2.05) is 12.1 Å². The molecule has 1 fully saturated rings. The lowest BCUT2D eigenvalue weighted by molar-refractivity contribution is 0.525. The van der Waals surface area contributed by atoms with Crippen molar-refractivity contribution in [3.8, 4) is 0 Å². The molecule has 0 aromatic heterocycles. The van der Waals surface area contributed by atoms with Gasteiger partial charge in [0.1, 0.15) is 0 Å². The predicted octanol–water partition coefficient (Wildman–Crippen LogP) is 2.58. The van der Waals surface area contributed by atoms with Crippen LogP contribution in [0.25, 0.3) is 0 Å². The minimum Gasteiger partial charge on any atom is -0.369 e. The predicted molar refractivity (Wildman–Crippen MR) is 65.6 cm³/mol. The van der Waals surface area contributed by atoms with Crippen molar-refractivity contribution in [2.45, 2.75) is 25.8 Å². The van der Waals surface area contributed by atoms with E-state index >= 15 is 0 Å². The van der Waals surface area contributed by atoms with Crippen LogP contribution in [0.5, 0.6) is 0 Å². The molecule has 0 spiro atoms. The summed E-state index contributed by atoms with van der Waals surface area (Å²) in [6.45, 7) is 6.16. The van der Waals surface area contributed by atoms with Crippen molar-refractivity contribution in [1.82, 2.24) is 0 Å². The summed E-state index contributed by atoms with van der Waals surface area (Å²) in [6.07, 6.45) is 1.05. The van der Waals surface area contributed by atoms with Crippen LogP contribution in [0.4, 0.5) is 5.69 Å². The van der Waals surface area contributed by atoms with Gasteiger partial charge >= 0.3 is 0 Å². The topological polar surface area (TPSA) is 29.3 Å². The molecule has 1 unspecified atom stereocenters. The molecule has 1 aromatic rings. The fraction of sp³-hybridized carbons (Fsp3) is 0.500. The van der Waals surface area contributed by atoms with Crippen molar-refractivity contribution >= 4 is 17.3 Å². The zero-order chi connectivity index (χ0) is 11.1. The summed E-state index contributed by atoms with van der Waals surface area (Å²) < 4.78 is 0. The third kappa shape index (κ3) is 2.27. The normalized spacial score (nSPS) is 26.0. The Morgan fingerprint density at radius 2 is 2.20 bits per heavy atom. The van der Waals surface area contributed by atoms with Crippen molar-refractivity contribution in [3.05, 3.63) is 28.8 Å². The van der Waals surface area contributed by atoms with Gasteiger partial charge in [0, 0.05) is 29.3 Å². The molecule has 1 atom stereocenters. The Balaban J connectivity index is 2.24. The zero-order valence-electron chi connectivity index (χ0n) is 9.26. The molecule has 0 radical (unpaired) electrons. The van der Waals surface area contributed by atoms with Crippen LogP contribution >= 0.6 is 11.6 Å². The molecule has 0 saturated carbocycles. The van der Waals surface area contributed by atoms with Crippen molar-refractivity contribution in [3.63, 3.8) is 0 Å².